The molecule has 0 aliphatic heterocycles. The minimum Gasteiger partial charge on any atom is -0.306 e. The summed E-state index contributed by atoms with van der Waals surface area (Å²) in [5.74, 6) is 0. The van der Waals surface area contributed by atoms with Crippen LogP contribution in [0.3, 0.4) is 0 Å². The van der Waals surface area contributed by atoms with E-state index < -0.39 is 0 Å². The zero-order chi connectivity index (χ0) is 13.0. The zero-order valence-electron chi connectivity index (χ0n) is 10.4. The zero-order valence-corrected chi connectivity index (χ0v) is 13.7. The van der Waals surface area contributed by atoms with Crippen molar-refractivity contribution in [1.82, 2.24) is 5.32 Å². The molecule has 1 unspecified atom stereocenters. The fourth-order valence-corrected chi connectivity index (χ4v) is 3.99. The molecule has 1 atom stereocenters. The predicted molar refractivity (Wildman–Crippen MR) is 85.8 cm³/mol. The number of hydrogen-bond donors (Lipinski definition) is 1. The predicted octanol–water partition coefficient (Wildman–Crippen LogP) is 4.93. The molecule has 0 bridgehead atoms. The Balaban J connectivity index is 2.32. The minimum absolute atomic E-state index is 0.278. The highest BCUT2D eigenvalue weighted by Crippen LogP contribution is 2.33. The number of nitrogens with one attached hydrogen (secondary N) is 1. The molecule has 1 aromatic heterocycles. The van der Waals surface area contributed by atoms with Gasteiger partial charge in [0.25, 0.3) is 0 Å². The third kappa shape index (κ3) is 3.18. The fraction of sp³-hybridized carbons (Fsp3) is 0.286. The molecule has 1 nitrogen and oxygen atoms in total. The second-order valence-electron chi connectivity index (χ2n) is 3.90. The Labute approximate surface area is 125 Å². The normalized spacial score (nSPS) is 12.6. The minimum atomic E-state index is 0.278. The molecule has 96 valence electrons. The van der Waals surface area contributed by atoms with Gasteiger partial charge >= 0.3 is 0 Å². The molecule has 0 saturated heterocycles. The van der Waals surface area contributed by atoms with Crippen molar-refractivity contribution < 1.29 is 0 Å². The standard InChI is InChI=1S/C14H16BrNS2/c1-3-16-13(14-12(15)8-9-18-14)10-4-6-11(17-2)7-5-10/h4-9,13,16H,3H2,1-2H3. The van der Waals surface area contributed by atoms with Crippen LogP contribution < -0.4 is 5.32 Å². The van der Waals surface area contributed by atoms with Crippen molar-refractivity contribution in [2.75, 3.05) is 12.8 Å². The van der Waals surface area contributed by atoms with Crippen LogP contribution in [0, 0.1) is 0 Å². The summed E-state index contributed by atoms with van der Waals surface area (Å²) in [5, 5.41) is 5.68. The molecule has 2 aromatic rings. The van der Waals surface area contributed by atoms with E-state index in [0.717, 1.165) is 6.54 Å². The van der Waals surface area contributed by atoms with E-state index in [1.54, 1.807) is 23.1 Å². The van der Waals surface area contributed by atoms with Crippen molar-refractivity contribution in [3.63, 3.8) is 0 Å². The molecule has 2 rings (SSSR count). The van der Waals surface area contributed by atoms with Crippen molar-refractivity contribution in [2.45, 2.75) is 17.9 Å². The van der Waals surface area contributed by atoms with Crippen molar-refractivity contribution in [3.8, 4) is 0 Å². The Bertz CT molecular complexity index is 493. The summed E-state index contributed by atoms with van der Waals surface area (Å²) in [5.41, 5.74) is 1.32. The van der Waals surface area contributed by atoms with E-state index in [4.69, 9.17) is 0 Å². The quantitative estimate of drug-likeness (QED) is 0.773. The first kappa shape index (κ1) is 14.1. The van der Waals surface area contributed by atoms with Crippen LogP contribution in [-0.2, 0) is 0 Å². The van der Waals surface area contributed by atoms with Gasteiger partial charge in [0.15, 0.2) is 0 Å². The Morgan fingerprint density at radius 3 is 2.50 bits per heavy atom. The number of hydrogen-bond acceptors (Lipinski definition) is 3. The van der Waals surface area contributed by atoms with E-state index in [1.807, 2.05) is 0 Å². The molecular weight excluding hydrogens is 326 g/mol. The van der Waals surface area contributed by atoms with E-state index >= 15 is 0 Å². The van der Waals surface area contributed by atoms with Crippen molar-refractivity contribution >= 4 is 39.0 Å². The smallest absolute Gasteiger partial charge is 0.0682 e. The molecule has 0 fully saturated rings. The first-order valence-corrected chi connectivity index (χ1v) is 8.76. The summed E-state index contributed by atoms with van der Waals surface area (Å²) in [7, 11) is 0. The van der Waals surface area contributed by atoms with Gasteiger partial charge in [0, 0.05) is 14.2 Å². The van der Waals surface area contributed by atoms with Gasteiger partial charge in [0.1, 0.15) is 0 Å². The van der Waals surface area contributed by atoms with Crippen LogP contribution in [0.5, 0.6) is 0 Å². The maximum Gasteiger partial charge on any atom is 0.0682 e. The summed E-state index contributed by atoms with van der Waals surface area (Å²) in [6.07, 6.45) is 2.10. The number of benzene rings is 1. The van der Waals surface area contributed by atoms with Crippen molar-refractivity contribution in [1.29, 1.82) is 0 Å². The van der Waals surface area contributed by atoms with Gasteiger partial charge in [-0.05, 0) is 57.9 Å². The molecule has 18 heavy (non-hydrogen) atoms. The molecule has 0 radical (unpaired) electrons. The summed E-state index contributed by atoms with van der Waals surface area (Å²) >= 11 is 7.19. The molecule has 1 aromatic carbocycles. The van der Waals surface area contributed by atoms with Crippen molar-refractivity contribution in [3.05, 3.63) is 50.6 Å². The van der Waals surface area contributed by atoms with Crippen LogP contribution in [0.25, 0.3) is 0 Å². The van der Waals surface area contributed by atoms with Gasteiger partial charge in [0.2, 0.25) is 0 Å². The Kier molecular flexibility index (Phi) is 5.30. The molecule has 0 saturated carbocycles. The van der Waals surface area contributed by atoms with E-state index in [1.165, 1.54) is 19.8 Å². The third-order valence-electron chi connectivity index (χ3n) is 2.76. The third-order valence-corrected chi connectivity index (χ3v) is 5.44. The second-order valence-corrected chi connectivity index (χ2v) is 6.58. The SMILES string of the molecule is CCNC(c1ccc(SC)cc1)c1sccc1Br. The maximum atomic E-state index is 3.63. The van der Waals surface area contributed by atoms with Gasteiger partial charge in [-0.2, -0.15) is 0 Å². The highest BCUT2D eigenvalue weighted by molar-refractivity contribution is 9.10. The molecule has 0 spiro atoms. The lowest BCUT2D eigenvalue weighted by atomic mass is 10.1. The summed E-state index contributed by atoms with van der Waals surface area (Å²) in [6, 6.07) is 11.2. The van der Waals surface area contributed by atoms with Gasteiger partial charge in [-0.15, -0.1) is 23.1 Å². The largest absolute Gasteiger partial charge is 0.306 e. The van der Waals surface area contributed by atoms with Gasteiger partial charge in [-0.25, -0.2) is 0 Å². The lowest BCUT2D eigenvalue weighted by Gasteiger charge is -2.18. The average molecular weight is 342 g/mol. The van der Waals surface area contributed by atoms with Crippen LogP contribution >= 0.6 is 39.0 Å². The number of thiophene rings is 1. The number of halogens is 1. The Morgan fingerprint density at radius 2 is 2.00 bits per heavy atom. The monoisotopic (exact) mass is 341 g/mol. The van der Waals surface area contributed by atoms with Crippen LogP contribution in [0.15, 0.2) is 45.1 Å². The maximum absolute atomic E-state index is 3.63. The first-order chi connectivity index (χ1) is 8.76. The van der Waals surface area contributed by atoms with Gasteiger partial charge in [-0.1, -0.05) is 19.1 Å². The fourth-order valence-electron chi connectivity index (χ4n) is 1.87. The van der Waals surface area contributed by atoms with Gasteiger partial charge < -0.3 is 5.32 Å². The molecule has 0 aliphatic rings. The summed E-state index contributed by atoms with van der Waals surface area (Å²) in [6.45, 7) is 3.10. The van der Waals surface area contributed by atoms with Crippen molar-refractivity contribution in [2.24, 2.45) is 0 Å². The second kappa shape index (κ2) is 6.75. The number of thioether (sulfide) groups is 1. The Hall–Kier alpha value is -0.290. The van der Waals surface area contributed by atoms with Crippen LogP contribution in [0.2, 0.25) is 0 Å². The van der Waals surface area contributed by atoms with E-state index in [-0.39, 0.29) is 6.04 Å². The van der Waals surface area contributed by atoms with E-state index in [0.29, 0.717) is 0 Å². The molecular formula is C14H16BrNS2. The Morgan fingerprint density at radius 1 is 1.28 bits per heavy atom. The molecule has 0 aliphatic carbocycles. The molecule has 1 heterocycles. The highest BCUT2D eigenvalue weighted by Gasteiger charge is 2.16. The molecule has 0 amide bonds. The van der Waals surface area contributed by atoms with Crippen LogP contribution in [0.1, 0.15) is 23.4 Å². The average Bonchev–Trinajstić information content (AvgIpc) is 2.82. The lowest BCUT2D eigenvalue weighted by Crippen LogP contribution is -2.21. The summed E-state index contributed by atoms with van der Waals surface area (Å²) in [4.78, 5) is 2.65. The van der Waals surface area contributed by atoms with Crippen LogP contribution in [0.4, 0.5) is 0 Å². The lowest BCUT2D eigenvalue weighted by molar-refractivity contribution is 0.637. The van der Waals surface area contributed by atoms with Gasteiger partial charge in [0.05, 0.1) is 6.04 Å². The molecule has 1 N–H and O–H groups in total. The summed E-state index contributed by atoms with van der Waals surface area (Å²) < 4.78 is 1.19. The van der Waals surface area contributed by atoms with E-state index in [9.17, 15) is 0 Å². The van der Waals surface area contributed by atoms with Gasteiger partial charge in [-0.3, -0.25) is 0 Å². The van der Waals surface area contributed by atoms with Crippen LogP contribution in [-0.4, -0.2) is 12.8 Å². The first-order valence-electron chi connectivity index (χ1n) is 5.86. The highest BCUT2D eigenvalue weighted by atomic mass is 79.9. The number of rotatable bonds is 5. The van der Waals surface area contributed by atoms with E-state index in [2.05, 4.69) is 70.1 Å². The topological polar surface area (TPSA) is 12.0 Å². The molecule has 4 heteroatoms.